The Balaban J connectivity index is 1.71. The molecule has 28 heavy (non-hydrogen) atoms. The van der Waals surface area contributed by atoms with Gasteiger partial charge < -0.3 is 14.6 Å². The lowest BCUT2D eigenvalue weighted by molar-refractivity contribution is -0.113. The third-order valence-corrected chi connectivity index (χ3v) is 5.20. The van der Waals surface area contributed by atoms with Gasteiger partial charge in [0.25, 0.3) is 0 Å². The zero-order valence-electron chi connectivity index (χ0n) is 15.7. The Labute approximate surface area is 173 Å². The molecule has 2 aromatic carbocycles. The van der Waals surface area contributed by atoms with E-state index in [4.69, 9.17) is 16.3 Å². The molecular weight excluding hydrogens is 396 g/mol. The minimum Gasteiger partial charge on any atom is -0.495 e. The van der Waals surface area contributed by atoms with Crippen LogP contribution in [0.5, 0.6) is 5.75 Å². The molecule has 0 fully saturated rings. The SMILES string of the molecule is CCCn1c(SCC(=O)Nc2ccccc2OC)nnc1-c1ccc(Cl)cc1. The highest BCUT2D eigenvalue weighted by atomic mass is 35.5. The number of carbonyl (C=O) groups excluding carboxylic acids is 1. The van der Waals surface area contributed by atoms with E-state index >= 15 is 0 Å². The number of anilines is 1. The number of thioether (sulfide) groups is 1. The molecule has 0 aliphatic rings. The lowest BCUT2D eigenvalue weighted by Crippen LogP contribution is -2.15. The van der Waals surface area contributed by atoms with Crippen molar-refractivity contribution in [2.45, 2.75) is 25.0 Å². The quantitative estimate of drug-likeness (QED) is 0.537. The molecule has 0 atom stereocenters. The fourth-order valence-electron chi connectivity index (χ4n) is 2.70. The summed E-state index contributed by atoms with van der Waals surface area (Å²) in [6.07, 6.45) is 0.930. The van der Waals surface area contributed by atoms with Gasteiger partial charge in [-0.05, 0) is 42.8 Å². The van der Waals surface area contributed by atoms with Crippen LogP contribution in [0.1, 0.15) is 13.3 Å². The summed E-state index contributed by atoms with van der Waals surface area (Å²) < 4.78 is 7.30. The van der Waals surface area contributed by atoms with E-state index in [1.54, 1.807) is 19.2 Å². The fraction of sp³-hybridized carbons (Fsp3) is 0.250. The topological polar surface area (TPSA) is 69.0 Å². The number of para-hydroxylation sites is 2. The summed E-state index contributed by atoms with van der Waals surface area (Å²) in [5.41, 5.74) is 1.59. The van der Waals surface area contributed by atoms with E-state index in [9.17, 15) is 4.79 Å². The molecule has 6 nitrogen and oxygen atoms in total. The van der Waals surface area contributed by atoms with Crippen molar-refractivity contribution < 1.29 is 9.53 Å². The highest BCUT2D eigenvalue weighted by molar-refractivity contribution is 7.99. The molecule has 146 valence electrons. The lowest BCUT2D eigenvalue weighted by atomic mass is 10.2. The van der Waals surface area contributed by atoms with Crippen molar-refractivity contribution in [3.05, 3.63) is 53.6 Å². The van der Waals surface area contributed by atoms with Crippen LogP contribution in [0.25, 0.3) is 11.4 Å². The van der Waals surface area contributed by atoms with Crippen LogP contribution < -0.4 is 10.1 Å². The van der Waals surface area contributed by atoms with Crippen molar-refractivity contribution in [3.8, 4) is 17.1 Å². The number of aromatic nitrogens is 3. The first-order valence-corrected chi connectivity index (χ1v) is 10.2. The van der Waals surface area contributed by atoms with Gasteiger partial charge in [-0.3, -0.25) is 4.79 Å². The van der Waals surface area contributed by atoms with E-state index in [0.717, 1.165) is 24.4 Å². The standard InChI is InChI=1S/C20H21ClN4O2S/c1-3-12-25-19(14-8-10-15(21)11-9-14)23-24-20(25)28-13-18(26)22-16-6-4-5-7-17(16)27-2/h4-11H,3,12-13H2,1-2H3,(H,22,26). The van der Waals surface area contributed by atoms with Crippen molar-refractivity contribution in [2.24, 2.45) is 0 Å². The van der Waals surface area contributed by atoms with Gasteiger partial charge in [0, 0.05) is 17.1 Å². The van der Waals surface area contributed by atoms with Crippen molar-refractivity contribution in [3.63, 3.8) is 0 Å². The van der Waals surface area contributed by atoms with Crippen molar-refractivity contribution in [1.82, 2.24) is 14.8 Å². The summed E-state index contributed by atoms with van der Waals surface area (Å²) in [4.78, 5) is 12.4. The normalized spacial score (nSPS) is 10.7. The Morgan fingerprint density at radius 1 is 1.18 bits per heavy atom. The molecule has 8 heteroatoms. The van der Waals surface area contributed by atoms with Crippen molar-refractivity contribution >= 4 is 35.0 Å². The average molecular weight is 417 g/mol. The van der Waals surface area contributed by atoms with Crippen LogP contribution in [0, 0.1) is 0 Å². The molecule has 1 amide bonds. The maximum atomic E-state index is 12.4. The van der Waals surface area contributed by atoms with E-state index in [0.29, 0.717) is 21.6 Å². The number of halogens is 1. The molecule has 1 heterocycles. The molecule has 0 spiro atoms. The summed E-state index contributed by atoms with van der Waals surface area (Å²) in [6.45, 7) is 2.86. The largest absolute Gasteiger partial charge is 0.495 e. The molecule has 3 aromatic rings. The van der Waals surface area contributed by atoms with Crippen LogP contribution in [0.15, 0.2) is 53.7 Å². The molecule has 0 aliphatic carbocycles. The van der Waals surface area contributed by atoms with Gasteiger partial charge in [0.2, 0.25) is 5.91 Å². The predicted molar refractivity (Wildman–Crippen MR) is 113 cm³/mol. The van der Waals surface area contributed by atoms with E-state index < -0.39 is 0 Å². The van der Waals surface area contributed by atoms with Crippen LogP contribution >= 0.6 is 23.4 Å². The zero-order valence-corrected chi connectivity index (χ0v) is 17.3. The Kier molecular flexibility index (Phi) is 6.95. The third kappa shape index (κ3) is 4.85. The van der Waals surface area contributed by atoms with Crippen LogP contribution in [-0.2, 0) is 11.3 Å². The number of methoxy groups -OCH3 is 1. The highest BCUT2D eigenvalue weighted by Gasteiger charge is 2.16. The van der Waals surface area contributed by atoms with Gasteiger partial charge in [-0.1, -0.05) is 42.4 Å². The smallest absolute Gasteiger partial charge is 0.234 e. The van der Waals surface area contributed by atoms with Gasteiger partial charge in [0.05, 0.1) is 18.6 Å². The first-order valence-electron chi connectivity index (χ1n) is 8.87. The average Bonchev–Trinajstić information content (AvgIpc) is 3.10. The third-order valence-electron chi connectivity index (χ3n) is 3.98. The Morgan fingerprint density at radius 3 is 2.64 bits per heavy atom. The van der Waals surface area contributed by atoms with Crippen LogP contribution in [0.4, 0.5) is 5.69 Å². The van der Waals surface area contributed by atoms with Crippen LogP contribution in [0.3, 0.4) is 0 Å². The van der Waals surface area contributed by atoms with E-state index in [-0.39, 0.29) is 11.7 Å². The number of carbonyl (C=O) groups is 1. The molecule has 1 aromatic heterocycles. The van der Waals surface area contributed by atoms with Crippen LogP contribution in [-0.4, -0.2) is 33.5 Å². The van der Waals surface area contributed by atoms with E-state index in [1.165, 1.54) is 11.8 Å². The second-order valence-electron chi connectivity index (χ2n) is 6.00. The van der Waals surface area contributed by atoms with Crippen molar-refractivity contribution in [2.75, 3.05) is 18.2 Å². The number of hydrogen-bond acceptors (Lipinski definition) is 5. The van der Waals surface area contributed by atoms with Crippen molar-refractivity contribution in [1.29, 1.82) is 0 Å². The lowest BCUT2D eigenvalue weighted by Gasteiger charge is -2.10. The van der Waals surface area contributed by atoms with E-state index in [2.05, 4.69) is 22.4 Å². The summed E-state index contributed by atoms with van der Waals surface area (Å²) in [5.74, 6) is 1.49. The molecular formula is C20H21ClN4O2S. The number of benzene rings is 2. The van der Waals surface area contributed by atoms with Gasteiger partial charge in [-0.15, -0.1) is 10.2 Å². The van der Waals surface area contributed by atoms with Crippen LogP contribution in [0.2, 0.25) is 5.02 Å². The molecule has 0 saturated carbocycles. The number of nitrogens with one attached hydrogen (secondary N) is 1. The minimum atomic E-state index is -0.131. The number of rotatable bonds is 8. The first-order chi connectivity index (χ1) is 13.6. The minimum absolute atomic E-state index is 0.131. The van der Waals surface area contributed by atoms with E-state index in [1.807, 2.05) is 41.0 Å². The van der Waals surface area contributed by atoms with Gasteiger partial charge in [0.15, 0.2) is 11.0 Å². The number of amides is 1. The molecule has 3 rings (SSSR count). The number of hydrogen-bond donors (Lipinski definition) is 1. The summed E-state index contributed by atoms with van der Waals surface area (Å²) >= 11 is 7.33. The molecule has 0 radical (unpaired) electrons. The monoisotopic (exact) mass is 416 g/mol. The Bertz CT molecular complexity index is 944. The second-order valence-corrected chi connectivity index (χ2v) is 7.38. The fourth-order valence-corrected chi connectivity index (χ4v) is 3.59. The second kappa shape index (κ2) is 9.61. The summed E-state index contributed by atoms with van der Waals surface area (Å²) in [5, 5.41) is 12.9. The maximum Gasteiger partial charge on any atom is 0.234 e. The zero-order chi connectivity index (χ0) is 19.9. The molecule has 0 saturated heterocycles. The summed E-state index contributed by atoms with van der Waals surface area (Å²) in [7, 11) is 1.57. The molecule has 0 aliphatic heterocycles. The Morgan fingerprint density at radius 2 is 1.93 bits per heavy atom. The van der Waals surface area contributed by atoms with Gasteiger partial charge in [-0.2, -0.15) is 0 Å². The number of nitrogens with zero attached hydrogens (tertiary/aromatic N) is 3. The molecule has 1 N–H and O–H groups in total. The predicted octanol–water partition coefficient (Wildman–Crippen LogP) is 4.75. The Hall–Kier alpha value is -2.51. The van der Waals surface area contributed by atoms with Gasteiger partial charge >= 0.3 is 0 Å². The molecule has 0 bridgehead atoms. The maximum absolute atomic E-state index is 12.4. The van der Waals surface area contributed by atoms with Gasteiger partial charge in [-0.25, -0.2) is 0 Å². The van der Waals surface area contributed by atoms with Gasteiger partial charge in [0.1, 0.15) is 5.75 Å². The highest BCUT2D eigenvalue weighted by Crippen LogP contribution is 2.27. The summed E-state index contributed by atoms with van der Waals surface area (Å²) in [6, 6.07) is 14.8. The number of ether oxygens (including phenoxy) is 1. The first kappa shape index (κ1) is 20.2. The molecule has 0 unspecified atom stereocenters.